The third kappa shape index (κ3) is 2.68. The molecule has 3 nitrogen and oxygen atoms in total. The van der Waals surface area contributed by atoms with E-state index in [9.17, 15) is 4.79 Å². The molecule has 4 heteroatoms. The fourth-order valence-electron chi connectivity index (χ4n) is 1.65. The number of anilines is 1. The molecular weight excluding hydrogens is 238 g/mol. The van der Waals surface area contributed by atoms with Crippen LogP contribution in [0, 0.1) is 0 Å². The average Bonchev–Trinajstić information content (AvgIpc) is 2.81. The van der Waals surface area contributed by atoms with E-state index < -0.39 is 0 Å². The van der Waals surface area contributed by atoms with Crippen LogP contribution >= 0.6 is 11.6 Å². The van der Waals surface area contributed by atoms with Crippen molar-refractivity contribution < 1.29 is 9.21 Å². The number of nitrogens with zero attached hydrogens (tertiary/aromatic N) is 1. The molecule has 0 aliphatic carbocycles. The minimum Gasteiger partial charge on any atom is -0.472 e. The summed E-state index contributed by atoms with van der Waals surface area (Å²) in [7, 11) is 1.94. The fourth-order valence-corrected chi connectivity index (χ4v) is 1.98. The maximum atomic E-state index is 10.6. The van der Waals surface area contributed by atoms with Crippen molar-refractivity contribution in [1.29, 1.82) is 0 Å². The number of aldehydes is 1. The van der Waals surface area contributed by atoms with Crippen molar-refractivity contribution in [2.75, 3.05) is 11.9 Å². The van der Waals surface area contributed by atoms with E-state index in [-0.39, 0.29) is 0 Å². The molecule has 0 unspecified atom stereocenters. The van der Waals surface area contributed by atoms with Crippen LogP contribution in [0.1, 0.15) is 15.9 Å². The molecule has 0 saturated heterocycles. The van der Waals surface area contributed by atoms with Crippen molar-refractivity contribution in [3.05, 3.63) is 52.9 Å². The molecule has 0 aliphatic rings. The van der Waals surface area contributed by atoms with Gasteiger partial charge >= 0.3 is 0 Å². The van der Waals surface area contributed by atoms with Crippen LogP contribution < -0.4 is 4.90 Å². The number of halogens is 1. The highest BCUT2D eigenvalue weighted by atomic mass is 35.5. The van der Waals surface area contributed by atoms with Crippen molar-refractivity contribution in [3.63, 3.8) is 0 Å². The minimum absolute atomic E-state index is 0.570. The number of furan rings is 1. The van der Waals surface area contributed by atoms with E-state index in [4.69, 9.17) is 16.0 Å². The molecule has 1 aromatic heterocycles. The van der Waals surface area contributed by atoms with E-state index in [0.717, 1.165) is 17.5 Å². The van der Waals surface area contributed by atoms with Crippen LogP contribution in [0.25, 0.3) is 0 Å². The monoisotopic (exact) mass is 249 g/mol. The molecular formula is C13H12ClNO2. The number of carbonyl (C=O) groups is 1. The van der Waals surface area contributed by atoms with Gasteiger partial charge in [-0.05, 0) is 24.3 Å². The summed E-state index contributed by atoms with van der Waals surface area (Å²) in [5.74, 6) is 0. The minimum atomic E-state index is 0.570. The molecule has 0 N–H and O–H groups in total. The molecule has 0 fully saturated rings. The van der Waals surface area contributed by atoms with E-state index in [1.54, 1.807) is 24.7 Å². The Morgan fingerprint density at radius 3 is 2.82 bits per heavy atom. The van der Waals surface area contributed by atoms with Gasteiger partial charge in [0.25, 0.3) is 0 Å². The van der Waals surface area contributed by atoms with Gasteiger partial charge < -0.3 is 9.32 Å². The summed E-state index contributed by atoms with van der Waals surface area (Å²) in [5.41, 5.74) is 2.54. The van der Waals surface area contributed by atoms with Crippen molar-refractivity contribution >= 4 is 23.6 Å². The largest absolute Gasteiger partial charge is 0.472 e. The first-order valence-corrected chi connectivity index (χ1v) is 5.55. The summed E-state index contributed by atoms with van der Waals surface area (Å²) in [6, 6.07) is 7.16. The predicted octanol–water partition coefficient (Wildman–Crippen LogP) is 3.38. The van der Waals surface area contributed by atoms with E-state index >= 15 is 0 Å². The van der Waals surface area contributed by atoms with E-state index in [2.05, 4.69) is 0 Å². The first kappa shape index (κ1) is 11.7. The summed E-state index contributed by atoms with van der Waals surface area (Å²) in [5, 5.41) is 0.570. The van der Waals surface area contributed by atoms with Gasteiger partial charge in [0.05, 0.1) is 23.2 Å². The Hall–Kier alpha value is -1.74. The lowest BCUT2D eigenvalue weighted by Gasteiger charge is -2.19. The Labute approximate surface area is 105 Å². The molecule has 0 aliphatic heterocycles. The van der Waals surface area contributed by atoms with Crippen molar-refractivity contribution in [2.45, 2.75) is 6.54 Å². The van der Waals surface area contributed by atoms with Gasteiger partial charge in [-0.2, -0.15) is 0 Å². The van der Waals surface area contributed by atoms with E-state index in [0.29, 0.717) is 17.1 Å². The maximum Gasteiger partial charge on any atom is 0.150 e. The molecule has 1 aromatic carbocycles. The normalized spacial score (nSPS) is 10.2. The number of benzene rings is 1. The molecule has 1 heterocycles. The standard InChI is InChI=1S/C13H12ClNO2/c1-15(7-11-4-5-17-9-11)13-3-2-10(8-16)6-12(13)14/h2-6,8-9H,7H2,1H3. The molecule has 0 atom stereocenters. The summed E-state index contributed by atoms with van der Waals surface area (Å²) < 4.78 is 5.01. The number of rotatable bonds is 4. The maximum absolute atomic E-state index is 10.6. The zero-order valence-electron chi connectivity index (χ0n) is 9.39. The highest BCUT2D eigenvalue weighted by Crippen LogP contribution is 2.26. The predicted molar refractivity (Wildman–Crippen MR) is 67.7 cm³/mol. The molecule has 88 valence electrons. The van der Waals surface area contributed by atoms with Gasteiger partial charge in [0.1, 0.15) is 6.29 Å². The van der Waals surface area contributed by atoms with E-state index in [1.165, 1.54) is 0 Å². The van der Waals surface area contributed by atoms with Crippen LogP contribution in [0.5, 0.6) is 0 Å². The topological polar surface area (TPSA) is 33.5 Å². The van der Waals surface area contributed by atoms with Gasteiger partial charge in [-0.25, -0.2) is 0 Å². The molecule has 17 heavy (non-hydrogen) atoms. The number of hydrogen-bond donors (Lipinski definition) is 0. The molecule has 0 amide bonds. The van der Waals surface area contributed by atoms with Crippen LogP contribution in [0.3, 0.4) is 0 Å². The van der Waals surface area contributed by atoms with Crippen LogP contribution in [0.15, 0.2) is 41.2 Å². The van der Waals surface area contributed by atoms with Crippen molar-refractivity contribution in [1.82, 2.24) is 0 Å². The molecule has 0 saturated carbocycles. The van der Waals surface area contributed by atoms with E-state index in [1.807, 2.05) is 24.1 Å². The SMILES string of the molecule is CN(Cc1ccoc1)c1ccc(C=O)cc1Cl. The Morgan fingerprint density at radius 1 is 1.41 bits per heavy atom. The van der Waals surface area contributed by atoms with Gasteiger partial charge in [-0.3, -0.25) is 4.79 Å². The lowest BCUT2D eigenvalue weighted by Crippen LogP contribution is -2.16. The first-order valence-electron chi connectivity index (χ1n) is 5.17. The fraction of sp³-hybridized carbons (Fsp3) is 0.154. The average molecular weight is 250 g/mol. The number of carbonyl (C=O) groups excluding carboxylic acids is 1. The van der Waals surface area contributed by atoms with Gasteiger partial charge in [0.2, 0.25) is 0 Å². The summed E-state index contributed by atoms with van der Waals surface area (Å²) >= 11 is 6.12. The Morgan fingerprint density at radius 2 is 2.24 bits per heavy atom. The summed E-state index contributed by atoms with van der Waals surface area (Å²) in [6.07, 6.45) is 4.12. The molecule has 0 spiro atoms. The van der Waals surface area contributed by atoms with Gasteiger partial charge in [0, 0.05) is 24.7 Å². The third-order valence-corrected chi connectivity index (χ3v) is 2.82. The zero-order chi connectivity index (χ0) is 12.3. The van der Waals surface area contributed by atoms with Crippen LogP contribution in [0.2, 0.25) is 5.02 Å². The molecule has 0 bridgehead atoms. The highest BCUT2D eigenvalue weighted by molar-refractivity contribution is 6.33. The Kier molecular flexibility index (Phi) is 3.49. The van der Waals surface area contributed by atoms with Crippen molar-refractivity contribution in [3.8, 4) is 0 Å². The molecule has 2 rings (SSSR count). The lowest BCUT2D eigenvalue weighted by molar-refractivity contribution is 0.112. The summed E-state index contributed by atoms with van der Waals surface area (Å²) in [4.78, 5) is 12.6. The highest BCUT2D eigenvalue weighted by Gasteiger charge is 2.08. The molecule has 2 aromatic rings. The zero-order valence-corrected chi connectivity index (χ0v) is 10.1. The smallest absolute Gasteiger partial charge is 0.150 e. The van der Waals surface area contributed by atoms with Crippen LogP contribution in [-0.4, -0.2) is 13.3 Å². The Balaban J connectivity index is 2.19. The van der Waals surface area contributed by atoms with Crippen LogP contribution in [0.4, 0.5) is 5.69 Å². The second kappa shape index (κ2) is 5.06. The third-order valence-electron chi connectivity index (χ3n) is 2.52. The lowest BCUT2D eigenvalue weighted by atomic mass is 10.2. The second-order valence-electron chi connectivity index (χ2n) is 3.82. The van der Waals surface area contributed by atoms with Crippen LogP contribution in [-0.2, 0) is 6.54 Å². The first-order chi connectivity index (χ1) is 8.20. The van der Waals surface area contributed by atoms with Gasteiger partial charge in [0.15, 0.2) is 0 Å². The number of hydrogen-bond acceptors (Lipinski definition) is 3. The summed E-state index contributed by atoms with van der Waals surface area (Å²) in [6.45, 7) is 0.705. The van der Waals surface area contributed by atoms with Crippen molar-refractivity contribution in [2.24, 2.45) is 0 Å². The quantitative estimate of drug-likeness (QED) is 0.779. The van der Waals surface area contributed by atoms with Gasteiger partial charge in [-0.15, -0.1) is 0 Å². The molecule has 0 radical (unpaired) electrons. The Bertz CT molecular complexity index is 508. The van der Waals surface area contributed by atoms with Gasteiger partial charge in [-0.1, -0.05) is 11.6 Å². The second-order valence-corrected chi connectivity index (χ2v) is 4.22.